The normalized spacial score (nSPS) is 12.8. The van der Waals surface area contributed by atoms with Crippen LogP contribution in [-0.4, -0.2) is 0 Å². The Morgan fingerprint density at radius 1 is 0.385 bits per heavy atom. The minimum Gasteiger partial charge on any atom is -0.455 e. The van der Waals surface area contributed by atoms with Gasteiger partial charge in [0.1, 0.15) is 11.2 Å². The maximum absolute atomic E-state index is 9.00. The molecule has 52 heavy (non-hydrogen) atoms. The highest BCUT2D eigenvalue weighted by Gasteiger charge is 2.24. The summed E-state index contributed by atoms with van der Waals surface area (Å²) in [6.07, 6.45) is 0. The third kappa shape index (κ3) is 5.04. The van der Waals surface area contributed by atoms with Gasteiger partial charge in [0.2, 0.25) is 0 Å². The summed E-state index contributed by atoms with van der Waals surface area (Å²) in [4.78, 5) is 2.18. The first-order chi connectivity index (χ1) is 27.9. The van der Waals surface area contributed by atoms with Crippen LogP contribution in [0.1, 0.15) is 6.85 Å². The SMILES string of the molecule is [2H]c1c([2H])c([2H])c(-c2cc(N(c3ccc(-c4ccccc4)cc3)c3ccc(-c4ccccc4)cc3)c3c(c2)oc2c4ccccc4c4ccccc4c23)c([2H])c1[2H]. The first-order valence-corrected chi connectivity index (χ1v) is 17.4. The topological polar surface area (TPSA) is 16.4 Å². The minimum absolute atomic E-state index is 0.109. The van der Waals surface area contributed by atoms with Gasteiger partial charge < -0.3 is 9.32 Å². The van der Waals surface area contributed by atoms with Gasteiger partial charge in [-0.15, -0.1) is 0 Å². The first-order valence-electron chi connectivity index (χ1n) is 19.9. The molecule has 1 aromatic heterocycles. The Morgan fingerprint density at radius 2 is 0.865 bits per heavy atom. The Hall–Kier alpha value is -6.90. The highest BCUT2D eigenvalue weighted by atomic mass is 16.3. The van der Waals surface area contributed by atoms with Gasteiger partial charge in [0.05, 0.1) is 17.9 Å². The number of benzene rings is 9. The van der Waals surface area contributed by atoms with E-state index in [1.807, 2.05) is 66.7 Å². The lowest BCUT2D eigenvalue weighted by Gasteiger charge is -2.27. The van der Waals surface area contributed by atoms with Crippen molar-refractivity contribution in [1.29, 1.82) is 0 Å². The van der Waals surface area contributed by atoms with Crippen LogP contribution in [0.25, 0.3) is 76.9 Å². The molecule has 10 aromatic rings. The minimum atomic E-state index is -0.435. The summed E-state index contributed by atoms with van der Waals surface area (Å²) < 4.78 is 50.4. The van der Waals surface area contributed by atoms with Gasteiger partial charge in [0.15, 0.2) is 0 Å². The quantitative estimate of drug-likeness (QED) is 0.164. The van der Waals surface area contributed by atoms with Gasteiger partial charge in [0, 0.05) is 22.1 Å². The molecule has 0 spiro atoms. The summed E-state index contributed by atoms with van der Waals surface area (Å²) in [5.74, 6) is 0. The largest absolute Gasteiger partial charge is 0.455 e. The highest BCUT2D eigenvalue weighted by Crippen LogP contribution is 2.49. The van der Waals surface area contributed by atoms with E-state index in [0.717, 1.165) is 77.2 Å². The summed E-state index contributed by atoms with van der Waals surface area (Å²) in [5.41, 5.74) is 8.67. The van der Waals surface area contributed by atoms with Crippen LogP contribution < -0.4 is 4.90 Å². The van der Waals surface area contributed by atoms with Gasteiger partial charge in [-0.25, -0.2) is 0 Å². The molecular formula is C50H33NO. The third-order valence-electron chi connectivity index (χ3n) is 9.92. The zero-order valence-electron chi connectivity index (χ0n) is 33.0. The Labute approximate surface area is 309 Å². The van der Waals surface area contributed by atoms with Crippen LogP contribution >= 0.6 is 0 Å². The number of anilines is 3. The fraction of sp³-hybridized carbons (Fsp3) is 0. The zero-order chi connectivity index (χ0) is 38.8. The van der Waals surface area contributed by atoms with Crippen molar-refractivity contribution in [3.05, 3.63) is 200 Å². The molecule has 0 radical (unpaired) electrons. The number of nitrogens with zero attached hydrogens (tertiary/aromatic N) is 1. The second kappa shape index (κ2) is 12.5. The molecule has 0 saturated carbocycles. The average Bonchev–Trinajstić information content (AvgIpc) is 3.67. The number of rotatable bonds is 6. The third-order valence-corrected chi connectivity index (χ3v) is 9.92. The highest BCUT2D eigenvalue weighted by molar-refractivity contribution is 6.32. The molecule has 0 aliphatic heterocycles. The van der Waals surface area contributed by atoms with Gasteiger partial charge in [-0.1, -0.05) is 164 Å². The average molecular weight is 669 g/mol. The number of hydrogen-bond donors (Lipinski definition) is 0. The van der Waals surface area contributed by atoms with Crippen LogP contribution in [0, 0.1) is 0 Å². The second-order valence-electron chi connectivity index (χ2n) is 12.9. The maximum Gasteiger partial charge on any atom is 0.143 e. The Balaban J connectivity index is 1.33. The van der Waals surface area contributed by atoms with Crippen molar-refractivity contribution >= 4 is 60.5 Å². The van der Waals surface area contributed by atoms with Crippen molar-refractivity contribution in [2.75, 3.05) is 4.90 Å². The molecule has 0 fully saturated rings. The molecule has 244 valence electrons. The summed E-state index contributed by atoms with van der Waals surface area (Å²) in [6.45, 7) is 0. The van der Waals surface area contributed by atoms with Gasteiger partial charge in [-0.3, -0.25) is 0 Å². The van der Waals surface area contributed by atoms with E-state index < -0.39 is 6.04 Å². The summed E-state index contributed by atoms with van der Waals surface area (Å²) in [5, 5.41) is 5.94. The standard InChI is InChI=1S/C50H33NO/c1-4-14-34(15-5-1)37-24-28-40(29-25-37)51(41-30-26-38(27-31-41)35-16-6-2-7-17-35)46-32-39(36-18-8-3-9-19-36)33-47-49(46)48-44-22-12-10-20-42(44)43-21-11-13-23-45(43)50(48)52-47/h1-33H/i3D,8D,9D,18D,19D. The molecule has 2 nitrogen and oxygen atoms in total. The Bertz CT molecular complexity index is 3050. The fourth-order valence-corrected chi connectivity index (χ4v) is 7.52. The van der Waals surface area contributed by atoms with E-state index in [4.69, 9.17) is 11.3 Å². The van der Waals surface area contributed by atoms with E-state index in [1.54, 1.807) is 0 Å². The van der Waals surface area contributed by atoms with E-state index >= 15 is 0 Å². The molecule has 0 saturated heterocycles. The molecule has 1 heterocycles. The van der Waals surface area contributed by atoms with Crippen LogP contribution in [0.4, 0.5) is 17.1 Å². The van der Waals surface area contributed by atoms with Gasteiger partial charge >= 0.3 is 0 Å². The lowest BCUT2D eigenvalue weighted by molar-refractivity contribution is 0.673. The van der Waals surface area contributed by atoms with Crippen molar-refractivity contribution in [1.82, 2.24) is 0 Å². The van der Waals surface area contributed by atoms with Crippen molar-refractivity contribution in [2.45, 2.75) is 0 Å². The predicted octanol–water partition coefficient (Wildman–Crippen LogP) is 14.4. The molecule has 9 aromatic carbocycles. The summed E-state index contributed by atoms with van der Waals surface area (Å²) >= 11 is 0. The molecule has 0 aliphatic carbocycles. The molecule has 2 heteroatoms. The molecule has 10 rings (SSSR count). The summed E-state index contributed by atoms with van der Waals surface area (Å²) in [7, 11) is 0. The lowest BCUT2D eigenvalue weighted by Crippen LogP contribution is -2.10. The van der Waals surface area contributed by atoms with Gasteiger partial charge in [-0.2, -0.15) is 0 Å². The fourth-order valence-electron chi connectivity index (χ4n) is 7.52. The van der Waals surface area contributed by atoms with Crippen LogP contribution in [0.2, 0.25) is 0 Å². The zero-order valence-corrected chi connectivity index (χ0v) is 28.0. The van der Waals surface area contributed by atoms with E-state index in [9.17, 15) is 0 Å². The maximum atomic E-state index is 9.00. The molecule has 0 N–H and O–H groups in total. The van der Waals surface area contributed by atoms with Crippen LogP contribution in [0.3, 0.4) is 0 Å². The smallest absolute Gasteiger partial charge is 0.143 e. The Morgan fingerprint density at radius 3 is 1.44 bits per heavy atom. The number of fused-ring (bicyclic) bond motifs is 8. The monoisotopic (exact) mass is 668 g/mol. The molecule has 0 unspecified atom stereocenters. The van der Waals surface area contributed by atoms with Crippen molar-refractivity contribution < 1.29 is 11.3 Å². The molecule has 0 atom stereocenters. The van der Waals surface area contributed by atoms with Crippen molar-refractivity contribution in [2.24, 2.45) is 0 Å². The molecular weight excluding hydrogens is 631 g/mol. The molecule has 0 amide bonds. The van der Waals surface area contributed by atoms with Crippen molar-refractivity contribution in [3.63, 3.8) is 0 Å². The van der Waals surface area contributed by atoms with E-state index in [-0.39, 0.29) is 29.7 Å². The van der Waals surface area contributed by atoms with E-state index in [2.05, 4.69) is 108 Å². The van der Waals surface area contributed by atoms with Crippen LogP contribution in [0.15, 0.2) is 204 Å². The van der Waals surface area contributed by atoms with Crippen LogP contribution in [-0.2, 0) is 0 Å². The summed E-state index contributed by atoms with van der Waals surface area (Å²) in [6, 6.07) is 56.0. The lowest BCUT2D eigenvalue weighted by atomic mass is 9.95. The number of hydrogen-bond acceptors (Lipinski definition) is 2. The van der Waals surface area contributed by atoms with Gasteiger partial charge in [-0.05, 0) is 85.9 Å². The van der Waals surface area contributed by atoms with Gasteiger partial charge in [0.25, 0.3) is 0 Å². The van der Waals surface area contributed by atoms with E-state index in [1.165, 1.54) is 0 Å². The number of furan rings is 1. The Kier molecular flexibility index (Phi) is 6.01. The predicted molar refractivity (Wildman–Crippen MR) is 220 cm³/mol. The molecule has 0 bridgehead atoms. The second-order valence-corrected chi connectivity index (χ2v) is 12.9. The van der Waals surface area contributed by atoms with Crippen molar-refractivity contribution in [3.8, 4) is 33.4 Å². The first kappa shape index (κ1) is 25.1. The molecule has 0 aliphatic rings. The van der Waals surface area contributed by atoms with E-state index in [0.29, 0.717) is 11.1 Å². The van der Waals surface area contributed by atoms with Crippen LogP contribution in [0.5, 0.6) is 0 Å².